The number of aliphatic hydroxyl groups excluding tert-OH is 1. The molecule has 18 heavy (non-hydrogen) atoms. The van der Waals surface area contributed by atoms with E-state index >= 15 is 0 Å². The maximum absolute atomic E-state index is 9.45. The zero-order chi connectivity index (χ0) is 13.0. The monoisotopic (exact) mass is 311 g/mol. The number of halogens is 1. The fourth-order valence-electron chi connectivity index (χ4n) is 2.88. The van der Waals surface area contributed by atoms with Crippen molar-refractivity contribution in [2.75, 3.05) is 6.61 Å². The topological polar surface area (TPSA) is 32.3 Å². The molecule has 3 atom stereocenters. The SMILES string of the molecule is CC(NC1CCCCC1CO)c1ccccc1Br. The Hall–Kier alpha value is -0.380. The molecule has 0 bridgehead atoms. The molecule has 1 saturated carbocycles. The number of hydrogen-bond acceptors (Lipinski definition) is 2. The minimum Gasteiger partial charge on any atom is -0.396 e. The van der Waals surface area contributed by atoms with E-state index in [9.17, 15) is 5.11 Å². The van der Waals surface area contributed by atoms with Gasteiger partial charge in [-0.15, -0.1) is 0 Å². The Labute approximate surface area is 118 Å². The van der Waals surface area contributed by atoms with E-state index in [1.807, 2.05) is 6.07 Å². The van der Waals surface area contributed by atoms with E-state index in [-0.39, 0.29) is 0 Å². The van der Waals surface area contributed by atoms with Gasteiger partial charge in [0.15, 0.2) is 0 Å². The number of hydrogen-bond donors (Lipinski definition) is 2. The van der Waals surface area contributed by atoms with Gasteiger partial charge in [-0.1, -0.05) is 47.0 Å². The lowest BCUT2D eigenvalue weighted by atomic mass is 9.84. The van der Waals surface area contributed by atoms with Crippen LogP contribution in [0, 0.1) is 5.92 Å². The molecule has 1 aliphatic carbocycles. The summed E-state index contributed by atoms with van der Waals surface area (Å²) in [5, 5.41) is 13.1. The van der Waals surface area contributed by atoms with Crippen LogP contribution in [0.3, 0.4) is 0 Å². The van der Waals surface area contributed by atoms with Crippen LogP contribution >= 0.6 is 15.9 Å². The fraction of sp³-hybridized carbons (Fsp3) is 0.600. The normalized spacial score (nSPS) is 25.9. The maximum Gasteiger partial charge on any atom is 0.0474 e. The van der Waals surface area contributed by atoms with Crippen LogP contribution in [-0.2, 0) is 0 Å². The zero-order valence-electron chi connectivity index (χ0n) is 10.9. The van der Waals surface area contributed by atoms with Gasteiger partial charge in [0, 0.05) is 23.2 Å². The first-order valence-corrected chi connectivity index (χ1v) is 7.63. The first-order valence-electron chi connectivity index (χ1n) is 6.83. The molecule has 3 heteroatoms. The summed E-state index contributed by atoms with van der Waals surface area (Å²) < 4.78 is 1.15. The second kappa shape index (κ2) is 6.69. The highest BCUT2D eigenvalue weighted by molar-refractivity contribution is 9.10. The van der Waals surface area contributed by atoms with Crippen LogP contribution in [0.4, 0.5) is 0 Å². The molecule has 1 aromatic rings. The average molecular weight is 312 g/mol. The Morgan fingerprint density at radius 2 is 2.06 bits per heavy atom. The van der Waals surface area contributed by atoms with Crippen LogP contribution in [0.2, 0.25) is 0 Å². The van der Waals surface area contributed by atoms with E-state index in [0.717, 1.165) is 10.9 Å². The van der Waals surface area contributed by atoms with Crippen LogP contribution in [0.5, 0.6) is 0 Å². The first kappa shape index (κ1) is 14.0. The summed E-state index contributed by atoms with van der Waals surface area (Å²) in [6, 6.07) is 9.11. The van der Waals surface area contributed by atoms with Gasteiger partial charge < -0.3 is 10.4 Å². The zero-order valence-corrected chi connectivity index (χ0v) is 12.5. The van der Waals surface area contributed by atoms with E-state index in [1.54, 1.807) is 0 Å². The van der Waals surface area contributed by atoms with Crippen molar-refractivity contribution in [2.24, 2.45) is 5.92 Å². The van der Waals surface area contributed by atoms with Crippen molar-refractivity contribution in [1.82, 2.24) is 5.32 Å². The molecular formula is C15H22BrNO. The lowest BCUT2D eigenvalue weighted by molar-refractivity contribution is 0.147. The maximum atomic E-state index is 9.45. The molecule has 0 heterocycles. The summed E-state index contributed by atoms with van der Waals surface area (Å²) in [7, 11) is 0. The van der Waals surface area contributed by atoms with Gasteiger partial charge in [0.1, 0.15) is 0 Å². The highest BCUT2D eigenvalue weighted by Crippen LogP contribution is 2.28. The van der Waals surface area contributed by atoms with Crippen molar-refractivity contribution in [3.8, 4) is 0 Å². The Kier molecular flexibility index (Phi) is 5.22. The Bertz CT molecular complexity index is 383. The van der Waals surface area contributed by atoms with E-state index in [1.165, 1.54) is 24.8 Å². The molecule has 1 aromatic carbocycles. The van der Waals surface area contributed by atoms with E-state index in [2.05, 4.69) is 46.4 Å². The second-order valence-corrected chi connectivity index (χ2v) is 6.10. The molecule has 2 rings (SSSR count). The molecule has 0 spiro atoms. The Balaban J connectivity index is 2.02. The molecular weight excluding hydrogens is 290 g/mol. The number of rotatable bonds is 4. The van der Waals surface area contributed by atoms with E-state index < -0.39 is 0 Å². The Morgan fingerprint density at radius 1 is 1.33 bits per heavy atom. The lowest BCUT2D eigenvalue weighted by Crippen LogP contribution is -2.41. The molecule has 1 fully saturated rings. The average Bonchev–Trinajstić information content (AvgIpc) is 2.39. The molecule has 2 nitrogen and oxygen atoms in total. The fourth-order valence-corrected chi connectivity index (χ4v) is 3.51. The van der Waals surface area contributed by atoms with Gasteiger partial charge >= 0.3 is 0 Å². The first-order chi connectivity index (χ1) is 8.72. The summed E-state index contributed by atoms with van der Waals surface area (Å²) in [4.78, 5) is 0. The van der Waals surface area contributed by atoms with Crippen molar-refractivity contribution >= 4 is 15.9 Å². The number of nitrogens with one attached hydrogen (secondary N) is 1. The molecule has 0 saturated heterocycles. The number of benzene rings is 1. The van der Waals surface area contributed by atoms with Crippen molar-refractivity contribution in [1.29, 1.82) is 0 Å². The largest absolute Gasteiger partial charge is 0.396 e. The molecule has 0 aliphatic heterocycles. The summed E-state index contributed by atoms with van der Waals surface area (Å²) in [5.41, 5.74) is 1.29. The minimum absolute atomic E-state index is 0.306. The summed E-state index contributed by atoms with van der Waals surface area (Å²) in [6.07, 6.45) is 4.86. The molecule has 0 aromatic heterocycles. The third-order valence-electron chi connectivity index (χ3n) is 3.98. The minimum atomic E-state index is 0.306. The van der Waals surface area contributed by atoms with Gasteiger partial charge in [-0.2, -0.15) is 0 Å². The van der Waals surface area contributed by atoms with Crippen molar-refractivity contribution in [3.63, 3.8) is 0 Å². The molecule has 1 aliphatic rings. The van der Waals surface area contributed by atoms with Crippen LogP contribution < -0.4 is 5.32 Å². The van der Waals surface area contributed by atoms with Gasteiger partial charge in [-0.3, -0.25) is 0 Å². The highest BCUT2D eigenvalue weighted by atomic mass is 79.9. The third kappa shape index (κ3) is 3.34. The van der Waals surface area contributed by atoms with Gasteiger partial charge in [0.25, 0.3) is 0 Å². The van der Waals surface area contributed by atoms with E-state index in [0.29, 0.717) is 24.6 Å². The highest BCUT2D eigenvalue weighted by Gasteiger charge is 2.26. The van der Waals surface area contributed by atoms with Crippen LogP contribution in [0.15, 0.2) is 28.7 Å². The third-order valence-corrected chi connectivity index (χ3v) is 4.70. The predicted octanol–water partition coefficient (Wildman–Crippen LogP) is 3.65. The van der Waals surface area contributed by atoms with E-state index in [4.69, 9.17) is 0 Å². The standard InChI is InChI=1S/C15H22BrNO/c1-11(13-7-3-4-8-14(13)16)17-15-9-5-2-6-12(15)10-18/h3-4,7-8,11-12,15,17-18H,2,5-6,9-10H2,1H3. The van der Waals surface area contributed by atoms with Gasteiger partial charge in [0.05, 0.1) is 0 Å². The smallest absolute Gasteiger partial charge is 0.0474 e. The molecule has 0 amide bonds. The van der Waals surface area contributed by atoms with Gasteiger partial charge in [-0.25, -0.2) is 0 Å². The quantitative estimate of drug-likeness (QED) is 0.889. The molecule has 2 N–H and O–H groups in total. The van der Waals surface area contributed by atoms with Crippen molar-refractivity contribution < 1.29 is 5.11 Å². The predicted molar refractivity (Wildman–Crippen MR) is 78.5 cm³/mol. The molecule has 0 radical (unpaired) electrons. The van der Waals surface area contributed by atoms with Crippen LogP contribution in [-0.4, -0.2) is 17.8 Å². The number of aliphatic hydroxyl groups is 1. The van der Waals surface area contributed by atoms with Crippen LogP contribution in [0.25, 0.3) is 0 Å². The van der Waals surface area contributed by atoms with Gasteiger partial charge in [0.2, 0.25) is 0 Å². The molecule has 100 valence electrons. The van der Waals surface area contributed by atoms with Crippen molar-refractivity contribution in [2.45, 2.75) is 44.7 Å². The summed E-state index contributed by atoms with van der Waals surface area (Å²) >= 11 is 3.60. The molecule has 3 unspecified atom stereocenters. The summed E-state index contributed by atoms with van der Waals surface area (Å²) in [5.74, 6) is 0.420. The Morgan fingerprint density at radius 3 is 2.78 bits per heavy atom. The summed E-state index contributed by atoms with van der Waals surface area (Å²) in [6.45, 7) is 2.50. The second-order valence-electron chi connectivity index (χ2n) is 5.24. The van der Waals surface area contributed by atoms with Crippen LogP contribution in [0.1, 0.15) is 44.2 Å². The van der Waals surface area contributed by atoms with Crippen molar-refractivity contribution in [3.05, 3.63) is 34.3 Å². The van der Waals surface area contributed by atoms with Gasteiger partial charge in [-0.05, 0) is 37.3 Å². The lowest BCUT2D eigenvalue weighted by Gasteiger charge is -2.33.